The number of aryl methyl sites for hydroxylation is 2. The third-order valence-corrected chi connectivity index (χ3v) is 7.28. The van der Waals surface area contributed by atoms with E-state index in [1.165, 1.54) is 11.3 Å². The number of nitrogens with zero attached hydrogens (tertiary/aromatic N) is 2. The van der Waals surface area contributed by atoms with Crippen molar-refractivity contribution in [3.05, 3.63) is 39.8 Å². The minimum Gasteiger partial charge on any atom is -0.326 e. The topological polar surface area (TPSA) is 79.4 Å². The molecule has 26 heavy (non-hydrogen) atoms. The molecule has 140 valence electrons. The van der Waals surface area contributed by atoms with Gasteiger partial charge in [-0.25, -0.2) is 13.4 Å². The molecule has 0 saturated carbocycles. The molecule has 3 rings (SSSR count). The Morgan fingerprint density at radius 2 is 1.96 bits per heavy atom. The smallest absolute Gasteiger partial charge is 0.243 e. The van der Waals surface area contributed by atoms with Crippen molar-refractivity contribution in [2.24, 2.45) is 0 Å². The van der Waals surface area contributed by atoms with E-state index in [-0.39, 0.29) is 17.2 Å². The number of hydrogen-bond donors (Lipinski definition) is 1. The Labute approximate surface area is 158 Å². The number of benzene rings is 1. The maximum absolute atomic E-state index is 12.9. The van der Waals surface area contributed by atoms with Gasteiger partial charge in [-0.1, -0.05) is 12.5 Å². The summed E-state index contributed by atoms with van der Waals surface area (Å²) in [7, 11) is -3.54. The second-order valence-corrected chi connectivity index (χ2v) is 9.50. The second-order valence-electron chi connectivity index (χ2n) is 6.53. The molecular weight excluding hydrogens is 370 g/mol. The molecule has 1 N–H and O–H groups in total. The van der Waals surface area contributed by atoms with Crippen molar-refractivity contribution in [2.75, 3.05) is 18.4 Å². The van der Waals surface area contributed by atoms with Gasteiger partial charge in [0.05, 0.1) is 22.0 Å². The van der Waals surface area contributed by atoms with E-state index < -0.39 is 10.0 Å². The lowest BCUT2D eigenvalue weighted by Crippen LogP contribution is -2.36. The van der Waals surface area contributed by atoms with Gasteiger partial charge in [0.15, 0.2) is 0 Å². The first-order chi connectivity index (χ1) is 12.4. The van der Waals surface area contributed by atoms with Gasteiger partial charge in [-0.2, -0.15) is 4.31 Å². The molecule has 0 spiro atoms. The Bertz CT molecular complexity index is 900. The van der Waals surface area contributed by atoms with E-state index in [0.717, 1.165) is 30.0 Å². The van der Waals surface area contributed by atoms with Crippen LogP contribution in [0.3, 0.4) is 0 Å². The lowest BCUT2D eigenvalue weighted by Gasteiger charge is -2.26. The van der Waals surface area contributed by atoms with Crippen LogP contribution in [0.25, 0.3) is 0 Å². The number of piperidine rings is 1. The highest BCUT2D eigenvalue weighted by molar-refractivity contribution is 7.89. The van der Waals surface area contributed by atoms with Crippen LogP contribution in [0.5, 0.6) is 0 Å². The summed E-state index contributed by atoms with van der Waals surface area (Å²) in [6, 6.07) is 5.03. The summed E-state index contributed by atoms with van der Waals surface area (Å²) in [4.78, 5) is 16.8. The maximum Gasteiger partial charge on any atom is 0.243 e. The molecule has 2 aromatic rings. The molecule has 1 amide bonds. The number of amides is 1. The largest absolute Gasteiger partial charge is 0.326 e. The van der Waals surface area contributed by atoms with E-state index in [9.17, 15) is 13.2 Å². The van der Waals surface area contributed by atoms with Crippen LogP contribution in [-0.4, -0.2) is 36.7 Å². The van der Waals surface area contributed by atoms with Gasteiger partial charge in [0.25, 0.3) is 0 Å². The first-order valence-electron chi connectivity index (χ1n) is 8.68. The number of carbonyl (C=O) groups excluding carboxylic acids is 1. The Kier molecular flexibility index (Phi) is 5.74. The van der Waals surface area contributed by atoms with E-state index in [4.69, 9.17) is 0 Å². The zero-order chi connectivity index (χ0) is 18.7. The van der Waals surface area contributed by atoms with Gasteiger partial charge >= 0.3 is 0 Å². The summed E-state index contributed by atoms with van der Waals surface area (Å²) >= 11 is 1.50. The van der Waals surface area contributed by atoms with Crippen LogP contribution in [0.4, 0.5) is 5.69 Å². The van der Waals surface area contributed by atoms with E-state index >= 15 is 0 Å². The molecule has 0 unspecified atom stereocenters. The Hall–Kier alpha value is -1.77. The summed E-state index contributed by atoms with van der Waals surface area (Å²) in [6.45, 7) is 4.79. The van der Waals surface area contributed by atoms with Gasteiger partial charge < -0.3 is 5.32 Å². The molecule has 1 aromatic heterocycles. The molecule has 0 atom stereocenters. The highest BCUT2D eigenvalue weighted by Crippen LogP contribution is 2.26. The van der Waals surface area contributed by atoms with Crippen molar-refractivity contribution < 1.29 is 13.2 Å². The third-order valence-electron chi connectivity index (χ3n) is 4.41. The average Bonchev–Trinajstić information content (AvgIpc) is 3.02. The Morgan fingerprint density at radius 3 is 2.62 bits per heavy atom. The van der Waals surface area contributed by atoms with Crippen molar-refractivity contribution in [2.45, 2.75) is 44.4 Å². The fraction of sp³-hybridized carbons (Fsp3) is 0.444. The maximum atomic E-state index is 12.9. The molecule has 0 aliphatic carbocycles. The van der Waals surface area contributed by atoms with Crippen LogP contribution in [0.2, 0.25) is 0 Å². The van der Waals surface area contributed by atoms with Gasteiger partial charge in [-0.3, -0.25) is 4.79 Å². The molecule has 1 saturated heterocycles. The van der Waals surface area contributed by atoms with Crippen LogP contribution in [-0.2, 0) is 21.2 Å². The summed E-state index contributed by atoms with van der Waals surface area (Å²) in [5.74, 6) is -0.208. The Morgan fingerprint density at radius 1 is 1.23 bits per heavy atom. The van der Waals surface area contributed by atoms with E-state index in [0.29, 0.717) is 24.3 Å². The van der Waals surface area contributed by atoms with Gasteiger partial charge in [-0.05, 0) is 44.4 Å². The summed E-state index contributed by atoms with van der Waals surface area (Å²) in [5, 5.41) is 5.56. The normalized spacial score (nSPS) is 15.8. The summed E-state index contributed by atoms with van der Waals surface area (Å²) < 4.78 is 27.4. The number of rotatable bonds is 5. The van der Waals surface area contributed by atoms with Gasteiger partial charge in [0.1, 0.15) is 0 Å². The van der Waals surface area contributed by atoms with Crippen LogP contribution in [0, 0.1) is 13.8 Å². The minimum atomic E-state index is -3.54. The molecule has 1 aliphatic heterocycles. The molecule has 8 heteroatoms. The number of carbonyl (C=O) groups is 1. The number of anilines is 1. The molecular formula is C18H23N3O3S2. The van der Waals surface area contributed by atoms with E-state index in [1.54, 1.807) is 29.4 Å². The second kappa shape index (κ2) is 7.85. The van der Waals surface area contributed by atoms with E-state index in [2.05, 4.69) is 10.3 Å². The SMILES string of the molecule is Cc1nc(CC(=O)Nc2ccc(C)c(S(=O)(=O)N3CCCCC3)c2)cs1. The average molecular weight is 394 g/mol. The van der Waals surface area contributed by atoms with Crippen molar-refractivity contribution in [1.29, 1.82) is 0 Å². The van der Waals surface area contributed by atoms with Gasteiger partial charge in [-0.15, -0.1) is 11.3 Å². The highest BCUT2D eigenvalue weighted by atomic mass is 32.2. The predicted molar refractivity (Wildman–Crippen MR) is 103 cm³/mol. The Balaban J connectivity index is 1.77. The molecule has 1 fully saturated rings. The molecule has 0 radical (unpaired) electrons. The zero-order valence-corrected chi connectivity index (χ0v) is 16.6. The lowest BCUT2D eigenvalue weighted by molar-refractivity contribution is -0.115. The van der Waals surface area contributed by atoms with Crippen LogP contribution in [0.1, 0.15) is 35.5 Å². The monoisotopic (exact) mass is 393 g/mol. The third kappa shape index (κ3) is 4.31. The minimum absolute atomic E-state index is 0.173. The van der Waals surface area contributed by atoms with Crippen molar-refractivity contribution in [3.63, 3.8) is 0 Å². The predicted octanol–water partition coefficient (Wildman–Crippen LogP) is 3.12. The fourth-order valence-electron chi connectivity index (χ4n) is 3.06. The first-order valence-corrected chi connectivity index (χ1v) is 11.0. The van der Waals surface area contributed by atoms with Gasteiger partial charge in [0.2, 0.25) is 15.9 Å². The van der Waals surface area contributed by atoms with Gasteiger partial charge in [0, 0.05) is 24.2 Å². The fourth-order valence-corrected chi connectivity index (χ4v) is 5.44. The lowest BCUT2D eigenvalue weighted by atomic mass is 10.2. The number of sulfonamides is 1. The standard InChI is InChI=1S/C18H23N3O3S2/c1-13-6-7-15(20-18(22)11-16-12-25-14(2)19-16)10-17(13)26(23,24)21-8-4-3-5-9-21/h6-7,10,12H,3-5,8-9,11H2,1-2H3,(H,20,22). The van der Waals surface area contributed by atoms with Crippen LogP contribution in [0.15, 0.2) is 28.5 Å². The molecule has 1 aliphatic rings. The molecule has 0 bridgehead atoms. The number of hydrogen-bond acceptors (Lipinski definition) is 5. The van der Waals surface area contributed by atoms with Crippen molar-refractivity contribution in [1.82, 2.24) is 9.29 Å². The van der Waals surface area contributed by atoms with Crippen LogP contribution < -0.4 is 5.32 Å². The van der Waals surface area contributed by atoms with E-state index in [1.807, 2.05) is 12.3 Å². The van der Waals surface area contributed by atoms with Crippen LogP contribution >= 0.6 is 11.3 Å². The first kappa shape index (κ1) is 19.0. The quantitative estimate of drug-likeness (QED) is 0.846. The summed E-state index contributed by atoms with van der Waals surface area (Å²) in [5.41, 5.74) is 1.89. The number of nitrogens with one attached hydrogen (secondary N) is 1. The highest BCUT2D eigenvalue weighted by Gasteiger charge is 2.27. The zero-order valence-electron chi connectivity index (χ0n) is 15.0. The number of aromatic nitrogens is 1. The van der Waals surface area contributed by atoms with Crippen molar-refractivity contribution >= 4 is 33.0 Å². The summed E-state index contributed by atoms with van der Waals surface area (Å²) in [6.07, 6.45) is 3.02. The van der Waals surface area contributed by atoms with Crippen molar-refractivity contribution in [3.8, 4) is 0 Å². The molecule has 2 heterocycles. The molecule has 1 aromatic carbocycles. The molecule has 6 nitrogen and oxygen atoms in total. The number of thiazole rings is 1.